The quantitative estimate of drug-likeness (QED) is 0.724. The molecule has 1 aromatic heterocycles. The number of carboxylic acid groups (broad SMARTS) is 1. The van der Waals surface area contributed by atoms with E-state index in [0.29, 0.717) is 5.82 Å². The number of carbonyl (C=O) groups excluding carboxylic acids is 1. The molecule has 1 heterocycles. The van der Waals surface area contributed by atoms with Crippen molar-refractivity contribution >= 4 is 23.4 Å². The first-order chi connectivity index (χ1) is 9.09. The lowest BCUT2D eigenvalue weighted by molar-refractivity contribution is 0.0698. The molecule has 0 radical (unpaired) electrons. The Hall–Kier alpha value is -2.89. The second kappa shape index (κ2) is 5.18. The summed E-state index contributed by atoms with van der Waals surface area (Å²) < 4.78 is 0. The predicted octanol–water partition coefficient (Wildman–Crippen LogP) is 1.61. The summed E-state index contributed by atoms with van der Waals surface area (Å²) in [6.07, 6.45) is 1.53. The molecule has 0 saturated heterocycles. The van der Waals surface area contributed by atoms with Gasteiger partial charge in [0.05, 0.1) is 16.8 Å². The van der Waals surface area contributed by atoms with Gasteiger partial charge in [0.25, 0.3) is 5.91 Å². The third kappa shape index (κ3) is 2.68. The molecule has 1 aromatic carbocycles. The SMILES string of the molecule is Nc1c(C(=O)O)cccc1C(=O)Nc1ccccn1. The van der Waals surface area contributed by atoms with Crippen LogP contribution in [0.4, 0.5) is 11.5 Å². The molecule has 0 saturated carbocycles. The maximum atomic E-state index is 12.0. The van der Waals surface area contributed by atoms with Crippen molar-refractivity contribution in [3.05, 3.63) is 53.7 Å². The van der Waals surface area contributed by atoms with Crippen LogP contribution >= 0.6 is 0 Å². The highest BCUT2D eigenvalue weighted by Gasteiger charge is 2.16. The van der Waals surface area contributed by atoms with Crippen molar-refractivity contribution in [2.75, 3.05) is 11.1 Å². The standard InChI is InChI=1S/C13H11N3O3/c14-11-8(4-3-5-9(11)13(18)19)12(17)16-10-6-1-2-7-15-10/h1-7H,14H2,(H,18,19)(H,15,16,17). The molecule has 96 valence electrons. The summed E-state index contributed by atoms with van der Waals surface area (Å²) in [7, 11) is 0. The summed E-state index contributed by atoms with van der Waals surface area (Å²) >= 11 is 0. The number of nitrogens with one attached hydrogen (secondary N) is 1. The first kappa shape index (κ1) is 12.6. The molecule has 6 heteroatoms. The van der Waals surface area contributed by atoms with E-state index in [1.807, 2.05) is 0 Å². The van der Waals surface area contributed by atoms with Crippen LogP contribution in [-0.2, 0) is 0 Å². The van der Waals surface area contributed by atoms with E-state index in [9.17, 15) is 9.59 Å². The number of amides is 1. The van der Waals surface area contributed by atoms with E-state index in [1.54, 1.807) is 18.2 Å². The second-order valence-corrected chi connectivity index (χ2v) is 3.74. The minimum atomic E-state index is -1.18. The Morgan fingerprint density at radius 3 is 2.47 bits per heavy atom. The van der Waals surface area contributed by atoms with E-state index >= 15 is 0 Å². The van der Waals surface area contributed by atoms with Gasteiger partial charge in [-0.2, -0.15) is 0 Å². The molecular weight excluding hydrogens is 246 g/mol. The molecule has 1 amide bonds. The number of carboxylic acids is 1. The zero-order valence-corrected chi connectivity index (χ0v) is 9.83. The van der Waals surface area contributed by atoms with Gasteiger partial charge < -0.3 is 16.2 Å². The molecule has 2 aromatic rings. The molecule has 0 spiro atoms. The van der Waals surface area contributed by atoms with E-state index in [1.165, 1.54) is 24.4 Å². The first-order valence-corrected chi connectivity index (χ1v) is 5.44. The molecule has 0 fully saturated rings. The number of para-hydroxylation sites is 1. The van der Waals surface area contributed by atoms with Crippen LogP contribution in [0.3, 0.4) is 0 Å². The summed E-state index contributed by atoms with van der Waals surface area (Å²) in [5.41, 5.74) is 5.61. The molecule has 0 aliphatic heterocycles. The van der Waals surface area contributed by atoms with Crippen LogP contribution in [-0.4, -0.2) is 22.0 Å². The lowest BCUT2D eigenvalue weighted by Gasteiger charge is -2.08. The molecule has 19 heavy (non-hydrogen) atoms. The highest BCUT2D eigenvalue weighted by atomic mass is 16.4. The topological polar surface area (TPSA) is 105 Å². The summed E-state index contributed by atoms with van der Waals surface area (Å²) in [6, 6.07) is 9.33. The van der Waals surface area contributed by atoms with Crippen LogP contribution in [0.15, 0.2) is 42.6 Å². The van der Waals surface area contributed by atoms with Gasteiger partial charge in [0.2, 0.25) is 0 Å². The molecule has 0 aliphatic carbocycles. The number of hydrogen-bond donors (Lipinski definition) is 3. The minimum absolute atomic E-state index is 0.0663. The van der Waals surface area contributed by atoms with Gasteiger partial charge in [-0.25, -0.2) is 9.78 Å². The van der Waals surface area contributed by atoms with Gasteiger partial charge in [0.1, 0.15) is 5.82 Å². The number of nitrogens with zero attached hydrogens (tertiary/aromatic N) is 1. The number of carbonyl (C=O) groups is 2. The van der Waals surface area contributed by atoms with Crippen LogP contribution in [0.2, 0.25) is 0 Å². The fourth-order valence-corrected chi connectivity index (χ4v) is 1.57. The third-order valence-electron chi connectivity index (χ3n) is 2.49. The van der Waals surface area contributed by atoms with Crippen LogP contribution in [0.1, 0.15) is 20.7 Å². The van der Waals surface area contributed by atoms with Crippen LogP contribution in [0.25, 0.3) is 0 Å². The van der Waals surface area contributed by atoms with Gasteiger partial charge in [-0.05, 0) is 24.3 Å². The van der Waals surface area contributed by atoms with Crippen molar-refractivity contribution in [2.45, 2.75) is 0 Å². The van der Waals surface area contributed by atoms with Crippen LogP contribution < -0.4 is 11.1 Å². The fraction of sp³-hybridized carbons (Fsp3) is 0. The van der Waals surface area contributed by atoms with E-state index < -0.39 is 11.9 Å². The molecule has 6 nitrogen and oxygen atoms in total. The van der Waals surface area contributed by atoms with Gasteiger partial charge >= 0.3 is 5.97 Å². The van der Waals surface area contributed by atoms with Gasteiger partial charge in [-0.1, -0.05) is 12.1 Å². The number of nitrogens with two attached hydrogens (primary N) is 1. The average Bonchev–Trinajstić information content (AvgIpc) is 2.39. The molecular formula is C13H11N3O3. The van der Waals surface area contributed by atoms with Crippen molar-refractivity contribution in [2.24, 2.45) is 0 Å². The Kier molecular flexibility index (Phi) is 3.42. The Labute approximate surface area is 108 Å². The number of hydrogen-bond acceptors (Lipinski definition) is 4. The number of rotatable bonds is 3. The van der Waals surface area contributed by atoms with Crippen LogP contribution in [0.5, 0.6) is 0 Å². The minimum Gasteiger partial charge on any atom is -0.478 e. The number of benzene rings is 1. The van der Waals surface area contributed by atoms with E-state index in [4.69, 9.17) is 10.8 Å². The van der Waals surface area contributed by atoms with Crippen molar-refractivity contribution in [1.29, 1.82) is 0 Å². The second-order valence-electron chi connectivity index (χ2n) is 3.74. The van der Waals surface area contributed by atoms with Gasteiger partial charge in [-0.3, -0.25) is 4.79 Å². The largest absolute Gasteiger partial charge is 0.478 e. The molecule has 0 bridgehead atoms. The monoisotopic (exact) mass is 257 g/mol. The molecule has 4 N–H and O–H groups in total. The Bertz CT molecular complexity index is 626. The average molecular weight is 257 g/mol. The Morgan fingerprint density at radius 2 is 1.84 bits per heavy atom. The van der Waals surface area contributed by atoms with Crippen molar-refractivity contribution in [3.63, 3.8) is 0 Å². The van der Waals surface area contributed by atoms with Crippen molar-refractivity contribution in [1.82, 2.24) is 4.98 Å². The molecule has 0 unspecified atom stereocenters. The van der Waals surface area contributed by atoms with Crippen LogP contribution in [0, 0.1) is 0 Å². The molecule has 0 aliphatic rings. The maximum Gasteiger partial charge on any atom is 0.337 e. The lowest BCUT2D eigenvalue weighted by Crippen LogP contribution is -2.16. The highest BCUT2D eigenvalue weighted by Crippen LogP contribution is 2.18. The van der Waals surface area contributed by atoms with Crippen molar-refractivity contribution in [3.8, 4) is 0 Å². The number of aromatic carboxylic acids is 1. The molecule has 0 atom stereocenters. The van der Waals surface area contributed by atoms with Crippen molar-refractivity contribution < 1.29 is 14.7 Å². The zero-order chi connectivity index (χ0) is 13.8. The number of nitrogen functional groups attached to an aromatic ring is 1. The number of anilines is 2. The summed E-state index contributed by atoms with van der Waals surface area (Å²) in [5, 5.41) is 11.5. The smallest absolute Gasteiger partial charge is 0.337 e. The van der Waals surface area contributed by atoms with Gasteiger partial charge in [0, 0.05) is 6.20 Å². The summed E-state index contributed by atoms with van der Waals surface area (Å²) in [5.74, 6) is -1.31. The maximum absolute atomic E-state index is 12.0. The Morgan fingerprint density at radius 1 is 1.11 bits per heavy atom. The van der Waals surface area contributed by atoms with Gasteiger partial charge in [0.15, 0.2) is 0 Å². The van der Waals surface area contributed by atoms with E-state index in [0.717, 1.165) is 0 Å². The first-order valence-electron chi connectivity index (χ1n) is 5.44. The zero-order valence-electron chi connectivity index (χ0n) is 9.83. The van der Waals surface area contributed by atoms with E-state index in [-0.39, 0.29) is 16.8 Å². The van der Waals surface area contributed by atoms with E-state index in [2.05, 4.69) is 10.3 Å². The Balaban J connectivity index is 2.30. The fourth-order valence-electron chi connectivity index (χ4n) is 1.57. The number of pyridine rings is 1. The lowest BCUT2D eigenvalue weighted by atomic mass is 10.1. The highest BCUT2D eigenvalue weighted by molar-refractivity contribution is 6.10. The molecule has 2 rings (SSSR count). The predicted molar refractivity (Wildman–Crippen MR) is 70.0 cm³/mol. The normalized spacial score (nSPS) is 9.89. The van der Waals surface area contributed by atoms with Gasteiger partial charge in [-0.15, -0.1) is 0 Å². The summed E-state index contributed by atoms with van der Waals surface area (Å²) in [4.78, 5) is 26.9. The third-order valence-corrected chi connectivity index (χ3v) is 2.49. The number of aromatic nitrogens is 1. The summed E-state index contributed by atoms with van der Waals surface area (Å²) in [6.45, 7) is 0.